The van der Waals surface area contributed by atoms with Gasteiger partial charge in [-0.3, -0.25) is 9.36 Å². The Morgan fingerprint density at radius 2 is 1.69 bits per heavy atom. The van der Waals surface area contributed by atoms with Crippen LogP contribution < -0.4 is 10.3 Å². The predicted molar refractivity (Wildman–Crippen MR) is 156 cm³/mol. The molecule has 1 heterocycles. The molecule has 9 heteroatoms. The molecule has 4 rings (SSSR count). The molecule has 1 aromatic heterocycles. The number of halogens is 3. The maximum absolute atomic E-state index is 13.9. The minimum Gasteiger partial charge on any atom is -0.487 e. The lowest BCUT2D eigenvalue weighted by Crippen LogP contribution is -2.28. The zero-order chi connectivity index (χ0) is 28.1. The van der Waals surface area contributed by atoms with Crippen molar-refractivity contribution in [2.45, 2.75) is 46.3 Å². The van der Waals surface area contributed by atoms with E-state index in [-0.39, 0.29) is 24.3 Å². The summed E-state index contributed by atoms with van der Waals surface area (Å²) in [6, 6.07) is 17.0. The van der Waals surface area contributed by atoms with Crippen molar-refractivity contribution in [1.82, 2.24) is 9.55 Å². The monoisotopic (exact) mass is 584 g/mol. The number of aromatic nitrogens is 2. The summed E-state index contributed by atoms with van der Waals surface area (Å²) >= 11 is 19.5. The largest absolute Gasteiger partial charge is 0.487 e. The Hall–Kier alpha value is -3.32. The van der Waals surface area contributed by atoms with Gasteiger partial charge in [-0.05, 0) is 49.2 Å². The quantitative estimate of drug-likeness (QED) is 0.205. The number of aryl methyl sites for hydroxylation is 2. The molecule has 0 saturated heterocycles. The van der Waals surface area contributed by atoms with Crippen LogP contribution in [-0.2, 0) is 19.6 Å². The molecule has 0 spiro atoms. The van der Waals surface area contributed by atoms with Crippen molar-refractivity contribution in [2.24, 2.45) is 0 Å². The Bertz CT molecular complexity index is 1560. The summed E-state index contributed by atoms with van der Waals surface area (Å²) in [7, 11) is 0. The van der Waals surface area contributed by atoms with Gasteiger partial charge >= 0.3 is 5.97 Å². The van der Waals surface area contributed by atoms with Crippen LogP contribution in [-0.4, -0.2) is 20.6 Å². The van der Waals surface area contributed by atoms with E-state index in [1.807, 2.05) is 6.07 Å². The lowest BCUT2D eigenvalue weighted by atomic mass is 10.0. The van der Waals surface area contributed by atoms with Crippen LogP contribution >= 0.6 is 34.8 Å². The molecule has 4 aromatic rings. The number of rotatable bonds is 10. The molecular weight excluding hydrogens is 559 g/mol. The molecule has 0 saturated carbocycles. The van der Waals surface area contributed by atoms with Crippen molar-refractivity contribution in [1.29, 1.82) is 0 Å². The third kappa shape index (κ3) is 6.47. The van der Waals surface area contributed by atoms with Gasteiger partial charge < -0.3 is 9.84 Å². The molecule has 0 bridgehead atoms. The van der Waals surface area contributed by atoms with E-state index >= 15 is 0 Å². The van der Waals surface area contributed by atoms with Crippen molar-refractivity contribution in [3.05, 3.63) is 114 Å². The van der Waals surface area contributed by atoms with E-state index in [4.69, 9.17) is 44.5 Å². The number of aromatic carboxylic acids is 1. The van der Waals surface area contributed by atoms with Crippen LogP contribution in [0.1, 0.15) is 52.8 Å². The molecule has 0 atom stereocenters. The molecular formula is C30H27Cl3N2O4. The summed E-state index contributed by atoms with van der Waals surface area (Å²) in [6.45, 7) is 4.16. The molecule has 0 aliphatic rings. The number of benzene rings is 3. The van der Waals surface area contributed by atoms with Gasteiger partial charge in [0, 0.05) is 17.5 Å². The molecule has 39 heavy (non-hydrogen) atoms. The van der Waals surface area contributed by atoms with Crippen molar-refractivity contribution < 1.29 is 14.6 Å². The second kappa shape index (κ2) is 12.7. The van der Waals surface area contributed by atoms with Crippen LogP contribution in [0.2, 0.25) is 15.1 Å². The molecule has 6 nitrogen and oxygen atoms in total. The zero-order valence-corrected chi connectivity index (χ0v) is 23.8. The summed E-state index contributed by atoms with van der Waals surface area (Å²) in [4.78, 5) is 30.2. The van der Waals surface area contributed by atoms with E-state index in [9.17, 15) is 14.7 Å². The Labute approximate surface area is 241 Å². The second-order valence-corrected chi connectivity index (χ2v) is 10.3. The third-order valence-corrected chi connectivity index (χ3v) is 7.29. The highest BCUT2D eigenvalue weighted by atomic mass is 35.5. The maximum Gasteiger partial charge on any atom is 0.336 e. The number of carboxylic acids is 1. The molecule has 3 aromatic carbocycles. The van der Waals surface area contributed by atoms with E-state index < -0.39 is 5.97 Å². The Morgan fingerprint density at radius 1 is 0.974 bits per heavy atom. The minimum atomic E-state index is -1.02. The number of nitrogens with zero attached hydrogens (tertiary/aromatic N) is 2. The normalized spacial score (nSPS) is 11.0. The van der Waals surface area contributed by atoms with Crippen LogP contribution in [0, 0.1) is 6.92 Å². The highest BCUT2D eigenvalue weighted by Gasteiger charge is 2.20. The smallest absolute Gasteiger partial charge is 0.336 e. The Balaban J connectivity index is 1.67. The van der Waals surface area contributed by atoms with Gasteiger partial charge in [-0.25, -0.2) is 9.78 Å². The number of unbranched alkanes of at least 4 members (excludes halogenated alkanes) is 1. The van der Waals surface area contributed by atoms with Gasteiger partial charge in [0.25, 0.3) is 5.56 Å². The third-order valence-electron chi connectivity index (χ3n) is 6.36. The molecule has 0 unspecified atom stereocenters. The minimum absolute atomic E-state index is 0.0476. The topological polar surface area (TPSA) is 81.4 Å². The van der Waals surface area contributed by atoms with Crippen molar-refractivity contribution in [3.63, 3.8) is 0 Å². The molecule has 0 amide bonds. The molecule has 0 aliphatic carbocycles. The highest BCUT2D eigenvalue weighted by molar-refractivity contribution is 6.39. The molecule has 0 fully saturated rings. The summed E-state index contributed by atoms with van der Waals surface area (Å²) < 4.78 is 7.48. The first-order chi connectivity index (χ1) is 18.7. The molecule has 1 N–H and O–H groups in total. The van der Waals surface area contributed by atoms with Gasteiger partial charge in [-0.15, -0.1) is 0 Å². The van der Waals surface area contributed by atoms with Crippen LogP contribution in [0.25, 0.3) is 11.1 Å². The van der Waals surface area contributed by atoms with Crippen LogP contribution in [0.3, 0.4) is 0 Å². The first-order valence-corrected chi connectivity index (χ1v) is 13.6. The van der Waals surface area contributed by atoms with Gasteiger partial charge in [0.2, 0.25) is 0 Å². The summed E-state index contributed by atoms with van der Waals surface area (Å²) in [5.41, 5.74) is 2.66. The predicted octanol–water partition coefficient (Wildman–Crippen LogP) is 7.85. The van der Waals surface area contributed by atoms with Crippen molar-refractivity contribution in [2.75, 3.05) is 0 Å². The lowest BCUT2D eigenvalue weighted by Gasteiger charge is -2.18. The van der Waals surface area contributed by atoms with Crippen LogP contribution in [0.15, 0.2) is 65.5 Å². The van der Waals surface area contributed by atoms with Crippen LogP contribution in [0.4, 0.5) is 0 Å². The van der Waals surface area contributed by atoms with Gasteiger partial charge in [0.1, 0.15) is 18.2 Å². The number of hydrogen-bond acceptors (Lipinski definition) is 4. The first kappa shape index (κ1) is 28.7. The number of hydrogen-bond donors (Lipinski definition) is 1. The van der Waals surface area contributed by atoms with E-state index in [1.165, 1.54) is 6.07 Å². The number of ether oxygens (including phenoxy) is 1. The SMILES string of the molecule is CCCCc1nc(C)c(-c2c(Cl)cccc2Cl)c(=O)n1Cc1ccc(OCc2ccccc2C(=O)O)c(Cl)c1. The zero-order valence-electron chi connectivity index (χ0n) is 21.5. The van der Waals surface area contributed by atoms with Gasteiger partial charge in [-0.1, -0.05) is 78.5 Å². The van der Waals surface area contributed by atoms with E-state index in [0.717, 1.165) is 18.4 Å². The maximum atomic E-state index is 13.9. The second-order valence-electron chi connectivity index (χ2n) is 9.10. The molecule has 0 radical (unpaired) electrons. The van der Waals surface area contributed by atoms with E-state index in [2.05, 4.69) is 6.92 Å². The average molecular weight is 586 g/mol. The summed E-state index contributed by atoms with van der Waals surface area (Å²) in [5, 5.41) is 10.5. The highest BCUT2D eigenvalue weighted by Crippen LogP contribution is 2.34. The molecule has 202 valence electrons. The fraction of sp³-hybridized carbons (Fsp3) is 0.233. The fourth-order valence-electron chi connectivity index (χ4n) is 4.38. The van der Waals surface area contributed by atoms with Crippen molar-refractivity contribution in [3.8, 4) is 16.9 Å². The summed E-state index contributed by atoms with van der Waals surface area (Å²) in [6.07, 6.45) is 2.47. The Kier molecular flexibility index (Phi) is 9.33. The van der Waals surface area contributed by atoms with Crippen molar-refractivity contribution >= 4 is 40.8 Å². The van der Waals surface area contributed by atoms with E-state index in [1.54, 1.807) is 60.0 Å². The van der Waals surface area contributed by atoms with Gasteiger partial charge in [-0.2, -0.15) is 0 Å². The summed E-state index contributed by atoms with van der Waals surface area (Å²) in [5.74, 6) is 0.0573. The van der Waals surface area contributed by atoms with Gasteiger partial charge in [0.05, 0.1) is 38.4 Å². The Morgan fingerprint density at radius 3 is 2.36 bits per heavy atom. The fourth-order valence-corrected chi connectivity index (χ4v) is 5.23. The first-order valence-electron chi connectivity index (χ1n) is 12.5. The lowest BCUT2D eigenvalue weighted by molar-refractivity contribution is 0.0694. The standard InChI is InChI=1S/C30H27Cl3N2O4/c1-3-4-12-26-34-18(2)27(28-22(31)10-7-11-23(28)32)29(36)35(26)16-19-13-14-25(24(33)15-19)39-17-20-8-5-6-9-21(20)30(37)38/h5-11,13-15H,3-4,12,16-17H2,1-2H3,(H,37,38). The number of carbonyl (C=O) groups is 1. The number of carboxylic acid groups (broad SMARTS) is 1. The van der Waals surface area contributed by atoms with Gasteiger partial charge in [0.15, 0.2) is 0 Å². The molecule has 0 aliphatic heterocycles. The van der Waals surface area contributed by atoms with Crippen LogP contribution in [0.5, 0.6) is 5.75 Å². The average Bonchev–Trinajstić information content (AvgIpc) is 2.90. The van der Waals surface area contributed by atoms with E-state index in [0.29, 0.717) is 55.4 Å².